The van der Waals surface area contributed by atoms with E-state index in [0.29, 0.717) is 0 Å². The van der Waals surface area contributed by atoms with Gasteiger partial charge in [0.1, 0.15) is 37.8 Å². The van der Waals surface area contributed by atoms with Crippen LogP contribution in [0, 0.1) is 0 Å². The van der Waals surface area contributed by atoms with E-state index < -0.39 is 113 Å². The molecule has 11 N–H and O–H groups in total. The van der Waals surface area contributed by atoms with Gasteiger partial charge in [0.2, 0.25) is 11.9 Å². The topological polar surface area (TPSA) is 341 Å². The van der Waals surface area contributed by atoms with Gasteiger partial charge in [-0.1, -0.05) is 60.7 Å². The molecule has 3 rings (SSSR count). The Kier molecular flexibility index (Phi) is 15.6. The molecule has 22 nitrogen and oxygen atoms in total. The number of ether oxygens (including phenoxy) is 2. The fourth-order valence-corrected chi connectivity index (χ4v) is 8.91. The molecule has 10 atom stereocenters. The number of carbonyl (C=O) groups excluding carboxylic acids is 1. The van der Waals surface area contributed by atoms with Crippen molar-refractivity contribution >= 4 is 62.2 Å². The van der Waals surface area contributed by atoms with Crippen molar-refractivity contribution in [3.05, 3.63) is 16.7 Å². The van der Waals surface area contributed by atoms with Gasteiger partial charge in [-0.15, -0.1) is 9.24 Å². The van der Waals surface area contributed by atoms with E-state index in [9.17, 15) is 54.0 Å². The number of aliphatic hydroxyl groups excluding tert-OH is 4. The van der Waals surface area contributed by atoms with Gasteiger partial charge >= 0.3 is 22.6 Å². The predicted molar refractivity (Wildman–Crippen MR) is 206 cm³/mol. The standard InChI is InChI=1S/C29H53B2FN6O16P3/c1-13(51-14(18(40)23(43)44)10-34-24(45)26(2,3)31(32)28(6,7)27(4,5)30-29(8,9)55)53-57(48,49)54-56(46,47)50-11-15-17(39)19(41)22(52-15)38-12-35-16-20(38)36-25(33)37-21(16)42/h12-15,17-19,22-23,39-41,43-44H,10-11,55H2,1-9H3,(H,34,45)(H,46,47)(H,48,49)(H3,33,36,37,42)/t13-,14?,15?,17?,18?,19?,22?/m1/s1. The number of halogens is 1. The van der Waals surface area contributed by atoms with Crippen LogP contribution in [0.3, 0.4) is 0 Å². The summed E-state index contributed by atoms with van der Waals surface area (Å²) in [6, 6.07) is 0. The van der Waals surface area contributed by atoms with E-state index in [1.54, 1.807) is 13.8 Å². The highest BCUT2D eigenvalue weighted by atomic mass is 31.3. The Morgan fingerprint density at radius 2 is 1.74 bits per heavy atom. The molecule has 9 unspecified atom stereocenters. The summed E-state index contributed by atoms with van der Waals surface area (Å²) in [6.45, 7) is 11.1. The molecule has 0 spiro atoms. The number of nitrogen functional groups attached to an aromatic ring is 1. The number of aromatic amines is 1. The number of H-pyrrole nitrogens is 1. The molecule has 1 radical (unpaired) electrons. The Balaban J connectivity index is 1.63. The van der Waals surface area contributed by atoms with Crippen molar-refractivity contribution in [3.63, 3.8) is 0 Å². The first kappa shape index (κ1) is 49.5. The summed E-state index contributed by atoms with van der Waals surface area (Å²) in [5.74, 6) is -1.15. The monoisotopic (exact) mass is 875 g/mol. The van der Waals surface area contributed by atoms with Crippen LogP contribution in [0.4, 0.5) is 10.3 Å². The number of phosphoric acid groups is 2. The molecule has 2 aromatic rings. The first-order valence-electron chi connectivity index (χ1n) is 17.4. The molecular weight excluding hydrogens is 822 g/mol. The van der Waals surface area contributed by atoms with E-state index in [1.165, 1.54) is 13.8 Å². The highest BCUT2D eigenvalue weighted by Crippen LogP contribution is 2.61. The zero-order chi connectivity index (χ0) is 43.9. The number of hydrogen-bond donors (Lipinski definition) is 10. The summed E-state index contributed by atoms with van der Waals surface area (Å²) < 4.78 is 67.4. The second-order valence-corrected chi connectivity index (χ2v) is 20.6. The highest BCUT2D eigenvalue weighted by Gasteiger charge is 2.57. The molecule has 28 heteroatoms. The van der Waals surface area contributed by atoms with Crippen molar-refractivity contribution in [3.8, 4) is 0 Å². The van der Waals surface area contributed by atoms with Crippen molar-refractivity contribution in [1.82, 2.24) is 24.8 Å². The number of imidazole rings is 1. The number of amides is 1. The Hall–Kier alpha value is -1.91. The number of nitrogens with zero attached hydrogens (tertiary/aromatic N) is 3. The normalized spacial score (nSPS) is 23.5. The number of nitrogens with two attached hydrogens (primary N) is 1. The largest absolute Gasteiger partial charge is 0.483 e. The van der Waals surface area contributed by atoms with Crippen LogP contribution in [0.15, 0.2) is 11.1 Å². The molecule has 323 valence electrons. The average molecular weight is 875 g/mol. The Morgan fingerprint density at radius 1 is 1.14 bits per heavy atom. The molecule has 1 aliphatic heterocycles. The maximum Gasteiger partial charge on any atom is 0.483 e. The van der Waals surface area contributed by atoms with Crippen LogP contribution in [-0.4, -0.2) is 136 Å². The third-order valence-electron chi connectivity index (χ3n) is 9.71. The number of aromatic nitrogens is 4. The Bertz CT molecular complexity index is 1880. The summed E-state index contributed by atoms with van der Waals surface area (Å²) in [5, 5.41) is 49.3. The summed E-state index contributed by atoms with van der Waals surface area (Å²) in [5.41, 5.74) is 4.56. The minimum absolute atomic E-state index is 0.128. The van der Waals surface area contributed by atoms with Crippen molar-refractivity contribution in [1.29, 1.82) is 0 Å². The number of nitrogens with one attached hydrogen (secondary N) is 2. The molecule has 1 amide bonds. The third-order valence-corrected chi connectivity index (χ3v) is 12.6. The highest BCUT2D eigenvalue weighted by molar-refractivity contribution is 7.61. The zero-order valence-electron chi connectivity index (χ0n) is 32.8. The molecule has 0 aliphatic carbocycles. The number of anilines is 1. The van der Waals surface area contributed by atoms with Gasteiger partial charge in [-0.05, 0) is 17.3 Å². The number of carbonyl (C=O) groups is 1. The SMILES string of the molecule is C[C@H](OC(CNC(=O)C(C)(C)B(F)C(C)(C)C(C)(C)[B]C(C)(C)P)C(O)C(O)O)OP(=O)(O)OP(=O)(O)OCC1OC(n2cnc3c(=O)[nH]c(N)nc32)C(O)C1O. The molecule has 1 fully saturated rings. The van der Waals surface area contributed by atoms with Gasteiger partial charge in [-0.25, -0.2) is 14.1 Å². The minimum atomic E-state index is -5.61. The lowest BCUT2D eigenvalue weighted by Gasteiger charge is -2.48. The molecule has 1 saturated heterocycles. The van der Waals surface area contributed by atoms with E-state index >= 15 is 4.32 Å². The first-order chi connectivity index (χ1) is 25.7. The fraction of sp³-hybridized carbons (Fsp3) is 0.793. The molecule has 0 bridgehead atoms. The average Bonchev–Trinajstić information content (AvgIpc) is 3.58. The molecule has 57 heavy (non-hydrogen) atoms. The van der Waals surface area contributed by atoms with Crippen molar-refractivity contribution in [2.75, 3.05) is 18.9 Å². The summed E-state index contributed by atoms with van der Waals surface area (Å²) in [7, 11) is -6.54. The molecule has 0 aromatic carbocycles. The van der Waals surface area contributed by atoms with Crippen LogP contribution >= 0.6 is 24.9 Å². The maximum absolute atomic E-state index is 16.3. The second-order valence-electron chi connectivity index (χ2n) is 16.1. The lowest BCUT2D eigenvalue weighted by atomic mass is 9.24. The molecule has 0 saturated carbocycles. The maximum atomic E-state index is 16.3. The van der Waals surface area contributed by atoms with Crippen LogP contribution in [0.5, 0.6) is 0 Å². The zero-order valence-corrected chi connectivity index (χ0v) is 35.8. The van der Waals surface area contributed by atoms with Crippen LogP contribution < -0.4 is 16.6 Å². The first-order valence-corrected chi connectivity index (χ1v) is 21.0. The van der Waals surface area contributed by atoms with Crippen LogP contribution in [0.25, 0.3) is 11.2 Å². The quantitative estimate of drug-likeness (QED) is 0.0480. The lowest BCUT2D eigenvalue weighted by Crippen LogP contribution is -2.53. The van der Waals surface area contributed by atoms with Gasteiger partial charge in [-0.2, -0.15) is 9.29 Å². The minimum Gasteiger partial charge on any atom is -0.387 e. The number of hydrogen-bond acceptors (Lipinski definition) is 17. The van der Waals surface area contributed by atoms with Gasteiger partial charge in [0.15, 0.2) is 30.0 Å². The van der Waals surface area contributed by atoms with E-state index in [2.05, 4.69) is 33.8 Å². The molecule has 2 aromatic heterocycles. The molecular formula is C29H53B2FN6O16P3. The molecule has 3 heterocycles. The summed E-state index contributed by atoms with van der Waals surface area (Å²) in [4.78, 5) is 56.0. The lowest BCUT2D eigenvalue weighted by molar-refractivity contribution is -0.203. The smallest absolute Gasteiger partial charge is 0.387 e. The van der Waals surface area contributed by atoms with E-state index in [0.717, 1.165) is 17.8 Å². The van der Waals surface area contributed by atoms with E-state index in [-0.39, 0.29) is 22.2 Å². The van der Waals surface area contributed by atoms with Gasteiger partial charge in [0, 0.05) is 6.54 Å². The van der Waals surface area contributed by atoms with Crippen LogP contribution in [-0.2, 0) is 36.8 Å². The summed E-state index contributed by atoms with van der Waals surface area (Å²) in [6.07, 6.45) is -13.8. The van der Waals surface area contributed by atoms with Crippen molar-refractivity contribution < 1.29 is 76.4 Å². The van der Waals surface area contributed by atoms with Gasteiger partial charge in [0.05, 0.1) is 18.2 Å². The Labute approximate surface area is 331 Å². The number of rotatable bonds is 20. The third kappa shape index (κ3) is 12.1. The van der Waals surface area contributed by atoms with E-state index in [1.807, 2.05) is 35.0 Å². The number of fused-ring (bicyclic) bond motifs is 1. The van der Waals surface area contributed by atoms with Crippen LogP contribution in [0.2, 0.25) is 15.9 Å². The van der Waals surface area contributed by atoms with Crippen molar-refractivity contribution in [2.45, 2.75) is 133 Å². The van der Waals surface area contributed by atoms with Crippen LogP contribution in [0.1, 0.15) is 68.5 Å². The predicted octanol–water partition coefficient (Wildman–Crippen LogP) is 0.126. The van der Waals surface area contributed by atoms with Gasteiger partial charge < -0.3 is 60.2 Å². The fourth-order valence-electron chi connectivity index (χ4n) is 6.35. The van der Waals surface area contributed by atoms with Gasteiger partial charge in [-0.3, -0.25) is 28.2 Å². The second kappa shape index (κ2) is 18.0. The van der Waals surface area contributed by atoms with E-state index in [4.69, 9.17) is 24.3 Å². The number of phosphoric ester groups is 2. The van der Waals surface area contributed by atoms with Crippen molar-refractivity contribution in [2.24, 2.45) is 0 Å². The molecule has 1 aliphatic rings. The number of aliphatic hydroxyl groups is 5. The van der Waals surface area contributed by atoms with Gasteiger partial charge in [0.25, 0.3) is 5.56 Å². The Morgan fingerprint density at radius 3 is 2.30 bits per heavy atom. The summed E-state index contributed by atoms with van der Waals surface area (Å²) >= 11 is 0.